The molecule has 1 aliphatic heterocycles. The number of hydrogen-bond acceptors (Lipinski definition) is 2. The zero-order valence-corrected chi connectivity index (χ0v) is 17.4. The summed E-state index contributed by atoms with van der Waals surface area (Å²) in [6, 6.07) is 9.81. The zero-order valence-electron chi connectivity index (χ0n) is 14.5. The van der Waals surface area contributed by atoms with Gasteiger partial charge in [0.25, 0.3) is 0 Å². The molecule has 23 heavy (non-hydrogen) atoms. The van der Waals surface area contributed by atoms with Crippen molar-refractivity contribution < 1.29 is 42.6 Å². The Balaban J connectivity index is 0.00000155. The summed E-state index contributed by atoms with van der Waals surface area (Å²) in [5.41, 5.74) is 0. The number of unbranched alkanes of at least 4 members (excludes halogenated alkanes) is 1. The molecule has 1 heterocycles. The first kappa shape index (κ1) is 22.9. The van der Waals surface area contributed by atoms with Crippen molar-refractivity contribution in [3.63, 3.8) is 0 Å². The van der Waals surface area contributed by atoms with Crippen LogP contribution in [0.5, 0.6) is 5.75 Å². The van der Waals surface area contributed by atoms with Gasteiger partial charge in [-0.05, 0) is 18.6 Å². The van der Waals surface area contributed by atoms with Gasteiger partial charge in [0.2, 0.25) is 0 Å². The van der Waals surface area contributed by atoms with Gasteiger partial charge in [-0.15, -0.1) is 0 Å². The van der Waals surface area contributed by atoms with Gasteiger partial charge in [0.1, 0.15) is 13.0 Å². The third kappa shape index (κ3) is 8.51. The third-order valence-electron chi connectivity index (χ3n) is 3.86. The first-order valence-electron chi connectivity index (χ1n) is 8.44. The van der Waals surface area contributed by atoms with E-state index in [9.17, 15) is 5.11 Å². The molecule has 3 atom stereocenters. The fourth-order valence-corrected chi connectivity index (χ4v) is 2.65. The first-order chi connectivity index (χ1) is 10.8. The molecule has 0 bridgehead atoms. The maximum atomic E-state index is 10.1. The van der Waals surface area contributed by atoms with E-state index in [2.05, 4.69) is 26.4 Å². The summed E-state index contributed by atoms with van der Waals surface area (Å²) in [6.07, 6.45) is 7.84. The molecular weight excluding hydrogens is 360 g/mol. The molecule has 0 amide bonds. The van der Waals surface area contributed by atoms with Crippen LogP contribution in [0, 0.1) is 12.8 Å². The van der Waals surface area contributed by atoms with Gasteiger partial charge in [-0.25, -0.2) is 0 Å². The van der Waals surface area contributed by atoms with Gasteiger partial charge < -0.3 is 16.8 Å². The van der Waals surface area contributed by atoms with E-state index in [0.717, 1.165) is 31.3 Å². The van der Waals surface area contributed by atoms with Gasteiger partial charge in [-0.1, -0.05) is 62.8 Å². The fraction of sp³-hybridized carbons (Fsp3) is 0.526. The molecule has 2 nitrogen and oxygen atoms in total. The minimum atomic E-state index is -0.273. The number of benzene rings is 1. The maximum Gasteiger partial charge on any atom is 0.119 e. The van der Waals surface area contributed by atoms with E-state index in [1.54, 1.807) is 0 Å². The van der Waals surface area contributed by atoms with Crippen LogP contribution in [-0.4, -0.2) is 25.1 Å². The Kier molecular flexibility index (Phi) is 14.2. The summed E-state index contributed by atoms with van der Waals surface area (Å²) in [4.78, 5) is 0. The van der Waals surface area contributed by atoms with Gasteiger partial charge in [-0.3, -0.25) is 0 Å². The van der Waals surface area contributed by atoms with Crippen molar-refractivity contribution in [2.75, 3.05) is 6.61 Å². The molecule has 0 saturated carbocycles. The topological polar surface area (TPSA) is 29.5 Å². The molecule has 0 aromatic heterocycles. The number of ether oxygens (including phenoxy) is 1. The van der Waals surface area contributed by atoms with E-state index in [0.29, 0.717) is 12.4 Å². The Labute approximate surface area is 168 Å². The predicted molar refractivity (Wildman–Crippen MR) is 95.4 cm³/mol. The van der Waals surface area contributed by atoms with Crippen molar-refractivity contribution in [1.82, 2.24) is 0 Å². The monoisotopic (exact) mass is 389 g/mol. The van der Waals surface area contributed by atoms with Crippen LogP contribution in [-0.2, 0) is 32.7 Å². The van der Waals surface area contributed by atoms with Crippen LogP contribution in [0.4, 0.5) is 0 Å². The molecule has 0 spiro atoms. The summed E-state index contributed by atoms with van der Waals surface area (Å²) >= 11 is 0. The van der Waals surface area contributed by atoms with Crippen molar-refractivity contribution in [2.24, 2.45) is 5.92 Å². The number of aliphatic hydroxyl groups excluding tert-OH is 1. The van der Waals surface area contributed by atoms with E-state index in [4.69, 9.17) is 4.74 Å². The quantitative estimate of drug-likeness (QED) is 0.421. The molecule has 1 saturated heterocycles. The second-order valence-corrected chi connectivity index (χ2v) is 5.34. The summed E-state index contributed by atoms with van der Waals surface area (Å²) < 4.78 is 5.80. The van der Waals surface area contributed by atoms with Crippen molar-refractivity contribution in [3.05, 3.63) is 49.4 Å². The Morgan fingerprint density at radius 2 is 1.96 bits per heavy atom. The SMILES string of the molecule is CC.[CH2-]CCC=CC[C@H]1[B]C[C@@H](O)[C@@H]1COc1ccccc1.[Y]. The Bertz CT molecular complexity index is 411. The standard InChI is InChI=1S/C17H23BO2.C2H6.Y/c1-2-3-4-8-11-16-15(17(19)12-18-16)13-20-14-9-6-5-7-10-14;1-2;/h4-10,15-17,19H,1-3,11-13H2;1-2H3;/q-1;;/t15-,16-,17-;;/m1../s1. The van der Waals surface area contributed by atoms with Crippen molar-refractivity contribution in [3.8, 4) is 5.75 Å². The minimum Gasteiger partial charge on any atom is -0.493 e. The van der Waals surface area contributed by atoms with Crippen molar-refractivity contribution in [2.45, 2.75) is 51.4 Å². The smallest absolute Gasteiger partial charge is 0.119 e. The Morgan fingerprint density at radius 1 is 1.26 bits per heavy atom. The van der Waals surface area contributed by atoms with E-state index in [1.807, 2.05) is 44.2 Å². The van der Waals surface area contributed by atoms with Crippen LogP contribution in [0.15, 0.2) is 42.5 Å². The van der Waals surface area contributed by atoms with E-state index >= 15 is 0 Å². The summed E-state index contributed by atoms with van der Waals surface area (Å²) in [7, 11) is 2.23. The zero-order chi connectivity index (χ0) is 16.2. The number of rotatable bonds is 7. The van der Waals surface area contributed by atoms with Crippen LogP contribution in [0.3, 0.4) is 0 Å². The molecule has 0 aliphatic carbocycles. The van der Waals surface area contributed by atoms with E-state index in [-0.39, 0.29) is 44.7 Å². The predicted octanol–water partition coefficient (Wildman–Crippen LogP) is 4.55. The normalized spacial score (nSPS) is 22.7. The molecule has 124 valence electrons. The van der Waals surface area contributed by atoms with Gasteiger partial charge in [0, 0.05) is 38.6 Å². The van der Waals surface area contributed by atoms with Crippen LogP contribution >= 0.6 is 0 Å². The third-order valence-corrected chi connectivity index (χ3v) is 3.86. The Morgan fingerprint density at radius 3 is 2.61 bits per heavy atom. The molecule has 2 radical (unpaired) electrons. The fourth-order valence-electron chi connectivity index (χ4n) is 2.65. The molecule has 1 aromatic carbocycles. The molecule has 1 aliphatic rings. The van der Waals surface area contributed by atoms with Gasteiger partial charge in [0.15, 0.2) is 0 Å². The van der Waals surface area contributed by atoms with Gasteiger partial charge >= 0.3 is 0 Å². The van der Waals surface area contributed by atoms with Crippen LogP contribution in [0.2, 0.25) is 12.1 Å². The molecule has 1 fully saturated rings. The average Bonchev–Trinajstić information content (AvgIpc) is 2.92. The summed E-state index contributed by atoms with van der Waals surface area (Å²) in [5, 5.41) is 10.1. The molecule has 4 heteroatoms. The number of hydrogen-bond donors (Lipinski definition) is 1. The second-order valence-electron chi connectivity index (χ2n) is 5.34. The van der Waals surface area contributed by atoms with Crippen LogP contribution < -0.4 is 4.74 Å². The number of allylic oxidation sites excluding steroid dienone is 2. The Hall–Kier alpha value is -0.111. The average molecular weight is 389 g/mol. The van der Waals surface area contributed by atoms with Gasteiger partial charge in [-0.2, -0.15) is 6.42 Å². The van der Waals surface area contributed by atoms with Crippen LogP contribution in [0.25, 0.3) is 0 Å². The van der Waals surface area contributed by atoms with E-state index < -0.39 is 0 Å². The molecule has 0 unspecified atom stereocenters. The van der Waals surface area contributed by atoms with E-state index in [1.165, 1.54) is 0 Å². The first-order valence-corrected chi connectivity index (χ1v) is 8.44. The number of para-hydroxylation sites is 1. The number of aliphatic hydroxyl groups is 1. The maximum absolute atomic E-state index is 10.1. The van der Waals surface area contributed by atoms with Gasteiger partial charge in [0.05, 0.1) is 12.7 Å². The molecule has 2 rings (SSSR count). The van der Waals surface area contributed by atoms with Crippen LogP contribution in [0.1, 0.15) is 33.1 Å². The molecule has 1 aromatic rings. The minimum absolute atomic E-state index is 0. The molecular formula is C19H29BO2Y-. The molecule has 1 N–H and O–H groups in total. The van der Waals surface area contributed by atoms with Crippen molar-refractivity contribution >= 4 is 7.28 Å². The summed E-state index contributed by atoms with van der Waals surface area (Å²) in [5.74, 6) is 1.48. The summed E-state index contributed by atoms with van der Waals surface area (Å²) in [6.45, 7) is 8.40. The largest absolute Gasteiger partial charge is 0.493 e. The second kappa shape index (κ2) is 14.3. The van der Waals surface area contributed by atoms with Crippen molar-refractivity contribution in [1.29, 1.82) is 0 Å².